The third-order valence-electron chi connectivity index (χ3n) is 7.90. The number of hydrogen-bond acceptors (Lipinski definition) is 15. The van der Waals surface area contributed by atoms with E-state index in [2.05, 4.69) is 0 Å². The Balaban J connectivity index is 1.87. The Kier molecular flexibility index (Phi) is 9.82. The van der Waals surface area contributed by atoms with Gasteiger partial charge in [0.25, 0.3) is 0 Å². The van der Waals surface area contributed by atoms with Crippen molar-refractivity contribution in [3.63, 3.8) is 0 Å². The van der Waals surface area contributed by atoms with Gasteiger partial charge in [0.1, 0.15) is 31.1 Å². The summed E-state index contributed by atoms with van der Waals surface area (Å²) in [7, 11) is 4.53. The summed E-state index contributed by atoms with van der Waals surface area (Å²) < 4.78 is 25.5. The topological polar surface area (TPSA) is 180 Å². The summed E-state index contributed by atoms with van der Waals surface area (Å²) in [6.45, 7) is 5.03. The van der Waals surface area contributed by atoms with E-state index in [0.717, 1.165) is 68.3 Å². The molecule has 0 aliphatic carbocycles. The van der Waals surface area contributed by atoms with Crippen LogP contribution in [0.1, 0.15) is 26.3 Å². The van der Waals surface area contributed by atoms with E-state index in [-0.39, 0.29) is 38.7 Å². The maximum absolute atomic E-state index is 14.3. The molecule has 14 nitrogen and oxygen atoms in total. The average Bonchev–Trinajstić information content (AvgIpc) is 3.62. The summed E-state index contributed by atoms with van der Waals surface area (Å²) in [6.07, 6.45) is 0. The highest BCUT2D eigenvalue weighted by molar-refractivity contribution is 8.26. The first-order valence-corrected chi connectivity index (χ1v) is 17.0. The third-order valence-corrected chi connectivity index (χ3v) is 12.6. The summed E-state index contributed by atoms with van der Waals surface area (Å²) in [5, 5.41) is 20.7. The quantitative estimate of drug-likeness (QED) is 0.294. The van der Waals surface area contributed by atoms with Gasteiger partial charge in [0, 0.05) is 28.2 Å². The Morgan fingerprint density at radius 3 is 1.82 bits per heavy atom. The fourth-order valence-electron chi connectivity index (χ4n) is 5.81. The zero-order valence-corrected chi connectivity index (χ0v) is 29.8. The highest BCUT2D eigenvalue weighted by Gasteiger charge is 2.62. The summed E-state index contributed by atoms with van der Waals surface area (Å²) in [5.74, 6) is -4.47. The van der Waals surface area contributed by atoms with Crippen molar-refractivity contribution in [2.75, 3.05) is 39.9 Å². The number of thioether (sulfide) groups is 3. The fourth-order valence-corrected chi connectivity index (χ4v) is 10.9. The zero-order chi connectivity index (χ0) is 36.0. The minimum atomic E-state index is -1.77. The molecule has 0 saturated heterocycles. The van der Waals surface area contributed by atoms with E-state index in [1.165, 1.54) is 17.0 Å². The monoisotopic (exact) mass is 732 g/mol. The first-order chi connectivity index (χ1) is 23.2. The lowest BCUT2D eigenvalue weighted by atomic mass is 9.83. The molecule has 3 aliphatic rings. The standard InChI is InChI=1S/C32H32N2O12S3/c1-8-46-15-9-10-17-16(13-15)21-26(31(2,3)34(17)20(37)14-33-18(35)11-12-19(33)36)47-23(28(39)43-5)22(27(38)42-4)32(21)48-24(29(40)44-6)25(49-32)30(41)45-7/h9-13,35-36H,8,14H2,1-7H3. The van der Waals surface area contributed by atoms with E-state index >= 15 is 0 Å². The molecule has 1 spiro atoms. The molecule has 0 atom stereocenters. The fraction of sp³-hybridized carbons (Fsp3) is 0.344. The normalized spacial score (nSPS) is 17.4. The number of benzene rings is 1. The van der Waals surface area contributed by atoms with E-state index in [9.17, 15) is 34.2 Å². The van der Waals surface area contributed by atoms with E-state index in [1.807, 2.05) is 0 Å². The van der Waals surface area contributed by atoms with Gasteiger partial charge in [0.05, 0.1) is 51.8 Å². The van der Waals surface area contributed by atoms with Gasteiger partial charge in [-0.05, 0) is 39.0 Å². The molecule has 2 N–H and O–H groups in total. The SMILES string of the molecule is CCOc1ccc2c(c1)C1=C(SC(C(=O)OC)=C(C(=O)OC)C13SC(C(=O)OC)=C(C(=O)OC)S3)C(C)(C)N2C(=O)Cn1c(O)ccc1O. The van der Waals surface area contributed by atoms with Crippen molar-refractivity contribution in [2.24, 2.45) is 0 Å². The molecular formula is C32H32N2O12S3. The third kappa shape index (κ3) is 5.72. The number of aromatic nitrogens is 1. The molecule has 260 valence electrons. The molecule has 1 aromatic heterocycles. The predicted molar refractivity (Wildman–Crippen MR) is 181 cm³/mol. The summed E-state index contributed by atoms with van der Waals surface area (Å²) in [4.78, 5) is 69.4. The second-order valence-electron chi connectivity index (χ2n) is 11.0. The van der Waals surface area contributed by atoms with E-state index in [0.29, 0.717) is 27.5 Å². The number of carbonyl (C=O) groups is 5. The number of fused-ring (bicyclic) bond motifs is 3. The zero-order valence-electron chi connectivity index (χ0n) is 27.4. The maximum atomic E-state index is 14.3. The number of carbonyl (C=O) groups excluding carboxylic acids is 5. The first kappa shape index (κ1) is 35.8. The number of esters is 4. The lowest BCUT2D eigenvalue weighted by molar-refractivity contribution is -0.138. The van der Waals surface area contributed by atoms with Gasteiger partial charge in [0.2, 0.25) is 5.91 Å². The van der Waals surface area contributed by atoms with Gasteiger partial charge >= 0.3 is 23.9 Å². The molecule has 0 radical (unpaired) electrons. The van der Waals surface area contributed by atoms with E-state index in [4.69, 9.17) is 23.7 Å². The predicted octanol–water partition coefficient (Wildman–Crippen LogP) is 3.92. The molecule has 1 aromatic carbocycles. The van der Waals surface area contributed by atoms with Crippen molar-refractivity contribution < 1.29 is 57.9 Å². The number of ether oxygens (including phenoxy) is 5. The number of methoxy groups -OCH3 is 4. The molecule has 0 saturated carbocycles. The van der Waals surface area contributed by atoms with Gasteiger partial charge in [-0.25, -0.2) is 19.2 Å². The van der Waals surface area contributed by atoms with Crippen molar-refractivity contribution in [3.8, 4) is 17.5 Å². The lowest BCUT2D eigenvalue weighted by Gasteiger charge is -2.50. The minimum absolute atomic E-state index is 0.180. The molecule has 5 rings (SSSR count). The van der Waals surface area contributed by atoms with E-state index < -0.39 is 45.9 Å². The van der Waals surface area contributed by atoms with Crippen LogP contribution in [0.25, 0.3) is 5.57 Å². The van der Waals surface area contributed by atoms with Crippen molar-refractivity contribution in [3.05, 3.63) is 61.1 Å². The van der Waals surface area contributed by atoms with Crippen LogP contribution in [0.5, 0.6) is 17.5 Å². The Labute approximate surface area is 293 Å². The van der Waals surface area contributed by atoms with Crippen molar-refractivity contribution in [1.29, 1.82) is 0 Å². The van der Waals surface area contributed by atoms with Crippen molar-refractivity contribution >= 4 is 76.3 Å². The van der Waals surface area contributed by atoms with Crippen LogP contribution >= 0.6 is 35.3 Å². The number of anilines is 1. The van der Waals surface area contributed by atoms with Crippen LogP contribution in [0.2, 0.25) is 0 Å². The molecule has 1 amide bonds. The Morgan fingerprint density at radius 2 is 1.31 bits per heavy atom. The first-order valence-electron chi connectivity index (χ1n) is 14.5. The maximum Gasteiger partial charge on any atom is 0.345 e. The Bertz CT molecular complexity index is 1840. The van der Waals surface area contributed by atoms with Crippen LogP contribution in [-0.2, 0) is 49.5 Å². The van der Waals surface area contributed by atoms with Gasteiger partial charge in [0.15, 0.2) is 11.8 Å². The average molecular weight is 733 g/mol. The minimum Gasteiger partial charge on any atom is -0.494 e. The molecular weight excluding hydrogens is 701 g/mol. The largest absolute Gasteiger partial charge is 0.494 e. The van der Waals surface area contributed by atoms with Crippen LogP contribution in [-0.4, -0.2) is 89.2 Å². The molecule has 0 bridgehead atoms. The summed E-state index contributed by atoms with van der Waals surface area (Å²) in [5.41, 5.74) is -0.460. The molecule has 3 aliphatic heterocycles. The second kappa shape index (κ2) is 13.4. The Morgan fingerprint density at radius 1 is 0.776 bits per heavy atom. The van der Waals surface area contributed by atoms with Crippen LogP contribution in [0.15, 0.2) is 55.5 Å². The van der Waals surface area contributed by atoms with Crippen LogP contribution in [0.3, 0.4) is 0 Å². The van der Waals surface area contributed by atoms with Gasteiger partial charge < -0.3 is 38.8 Å². The molecule has 0 unspecified atom stereocenters. The molecule has 49 heavy (non-hydrogen) atoms. The lowest BCUT2D eigenvalue weighted by Crippen LogP contribution is -2.54. The van der Waals surface area contributed by atoms with Crippen molar-refractivity contribution in [2.45, 2.75) is 36.9 Å². The highest BCUT2D eigenvalue weighted by atomic mass is 32.2. The number of nitrogens with zero attached hydrogens (tertiary/aromatic N) is 2. The summed E-state index contributed by atoms with van der Waals surface area (Å²) in [6, 6.07) is 7.45. The van der Waals surface area contributed by atoms with Gasteiger partial charge in [-0.15, -0.1) is 0 Å². The molecule has 4 heterocycles. The molecule has 2 aromatic rings. The Hall–Kier alpha value is -4.48. The van der Waals surface area contributed by atoms with Crippen molar-refractivity contribution in [1.82, 2.24) is 4.57 Å². The van der Waals surface area contributed by atoms with Crippen LogP contribution in [0, 0.1) is 0 Å². The highest BCUT2D eigenvalue weighted by Crippen LogP contribution is 2.71. The molecule has 0 fully saturated rings. The van der Waals surface area contributed by atoms with E-state index in [1.54, 1.807) is 39.0 Å². The second-order valence-corrected chi connectivity index (χ2v) is 14.7. The molecule has 17 heteroatoms. The van der Waals surface area contributed by atoms with Gasteiger partial charge in [-0.1, -0.05) is 35.3 Å². The van der Waals surface area contributed by atoms with Gasteiger partial charge in [-0.2, -0.15) is 0 Å². The van der Waals surface area contributed by atoms with Gasteiger partial charge in [-0.3, -0.25) is 9.36 Å². The number of rotatable bonds is 8. The number of aromatic hydroxyl groups is 2. The van der Waals surface area contributed by atoms with Crippen LogP contribution in [0.4, 0.5) is 5.69 Å². The number of amides is 1. The number of hydrogen-bond donors (Lipinski definition) is 2. The van der Waals surface area contributed by atoms with Crippen LogP contribution < -0.4 is 9.64 Å². The summed E-state index contributed by atoms with van der Waals surface area (Å²) >= 11 is 2.49. The smallest absolute Gasteiger partial charge is 0.345 e.